The van der Waals surface area contributed by atoms with Crippen molar-refractivity contribution in [3.63, 3.8) is 0 Å². The molecule has 0 N–H and O–H groups in total. The van der Waals surface area contributed by atoms with Crippen molar-refractivity contribution in [2.75, 3.05) is 0 Å². The van der Waals surface area contributed by atoms with Gasteiger partial charge >= 0.3 is 0 Å². The van der Waals surface area contributed by atoms with Gasteiger partial charge in [0.25, 0.3) is 0 Å². The average molecular weight is 727 g/mol. The van der Waals surface area contributed by atoms with E-state index in [4.69, 9.17) is 4.74 Å². The van der Waals surface area contributed by atoms with Crippen LogP contribution in [0.2, 0.25) is 0 Å². The van der Waals surface area contributed by atoms with Gasteiger partial charge in [0.2, 0.25) is 0 Å². The molecule has 11 aromatic rings. The molecule has 2 aromatic heterocycles. The number of para-hydroxylation sites is 2. The summed E-state index contributed by atoms with van der Waals surface area (Å²) in [6.45, 7) is 0. The topological polar surface area (TPSA) is 19.1 Å². The number of hydrogen-bond acceptors (Lipinski definition) is 1. The van der Waals surface area contributed by atoms with E-state index in [1.807, 2.05) is 0 Å². The summed E-state index contributed by atoms with van der Waals surface area (Å²) in [6.07, 6.45) is 0. The van der Waals surface area contributed by atoms with E-state index in [1.165, 1.54) is 65.9 Å². The summed E-state index contributed by atoms with van der Waals surface area (Å²) < 4.78 is 11.7. The highest BCUT2D eigenvalue weighted by atomic mass is 16.5. The molecule has 3 heterocycles. The molecule has 57 heavy (non-hydrogen) atoms. The molecule has 0 bridgehead atoms. The van der Waals surface area contributed by atoms with Crippen LogP contribution in [-0.4, -0.2) is 9.13 Å². The molecule has 0 saturated heterocycles. The Morgan fingerprint density at radius 2 is 0.667 bits per heavy atom. The molecule has 0 atom stereocenters. The fraction of sp³-hybridized carbons (Fsp3) is 0. The van der Waals surface area contributed by atoms with Gasteiger partial charge in [-0.3, -0.25) is 0 Å². The van der Waals surface area contributed by atoms with Crippen molar-refractivity contribution in [3.8, 4) is 67.4 Å². The number of ether oxygens (including phenoxy) is 1. The van der Waals surface area contributed by atoms with E-state index in [0.29, 0.717) is 0 Å². The lowest BCUT2D eigenvalue weighted by Crippen LogP contribution is -1.96. The molecule has 1 aliphatic rings. The van der Waals surface area contributed by atoms with E-state index in [9.17, 15) is 0 Å². The summed E-state index contributed by atoms with van der Waals surface area (Å²) in [5, 5.41) is 4.94. The molecule has 0 amide bonds. The third-order valence-electron chi connectivity index (χ3n) is 11.7. The standard InChI is InChI=1S/C54H34N2O/c1-3-13-35(14-4-1)37-23-27-51-45(31-37)43-19-9-11-21-49(43)55(51)39-25-29-53-47(33-39)41-17-7-8-18-42(41)48-34-40(26-30-54(48)57-53)56-50-22-12-10-20-44(50)46-32-38(24-28-52(46)56)36-15-5-2-6-16-36/h1-34H. The third kappa shape index (κ3) is 4.92. The van der Waals surface area contributed by atoms with Crippen LogP contribution in [0.4, 0.5) is 0 Å². The molecule has 12 rings (SSSR count). The smallest absolute Gasteiger partial charge is 0.135 e. The second-order valence-corrected chi connectivity index (χ2v) is 14.9. The van der Waals surface area contributed by atoms with E-state index in [1.54, 1.807) is 0 Å². The van der Waals surface area contributed by atoms with Crippen molar-refractivity contribution < 1.29 is 4.74 Å². The van der Waals surface area contributed by atoms with Crippen molar-refractivity contribution in [2.24, 2.45) is 0 Å². The van der Waals surface area contributed by atoms with Crippen molar-refractivity contribution in [1.29, 1.82) is 0 Å². The van der Waals surface area contributed by atoms with E-state index < -0.39 is 0 Å². The molecular weight excluding hydrogens is 693 g/mol. The van der Waals surface area contributed by atoms with Gasteiger partial charge in [-0.1, -0.05) is 133 Å². The monoisotopic (exact) mass is 726 g/mol. The molecule has 3 heteroatoms. The molecule has 0 unspecified atom stereocenters. The molecule has 0 aliphatic carbocycles. The second-order valence-electron chi connectivity index (χ2n) is 14.9. The maximum Gasteiger partial charge on any atom is 0.135 e. The lowest BCUT2D eigenvalue weighted by atomic mass is 9.94. The zero-order chi connectivity index (χ0) is 37.5. The first-order chi connectivity index (χ1) is 28.3. The van der Waals surface area contributed by atoms with Crippen LogP contribution in [0.15, 0.2) is 206 Å². The Bertz CT molecular complexity index is 3150. The van der Waals surface area contributed by atoms with Crippen molar-refractivity contribution in [2.45, 2.75) is 0 Å². The number of aromatic nitrogens is 2. The Morgan fingerprint density at radius 1 is 0.263 bits per heavy atom. The average Bonchev–Trinajstić information content (AvgIpc) is 3.75. The first-order valence-corrected chi connectivity index (χ1v) is 19.5. The van der Waals surface area contributed by atoms with Gasteiger partial charge in [0.05, 0.1) is 22.1 Å². The van der Waals surface area contributed by atoms with Gasteiger partial charge in [-0.25, -0.2) is 0 Å². The third-order valence-corrected chi connectivity index (χ3v) is 11.7. The van der Waals surface area contributed by atoms with Crippen LogP contribution in [0.1, 0.15) is 0 Å². The SMILES string of the molecule is c1ccc(-c2ccc3c(c2)c2ccccc2n3-c2ccc3c(c2)-c2ccccc2-c2cc(-n4c5ccccc5c5cc(-c6ccccc6)ccc54)ccc2O3)cc1. The Kier molecular flexibility index (Phi) is 6.93. The summed E-state index contributed by atoms with van der Waals surface area (Å²) in [5.74, 6) is 1.69. The summed E-state index contributed by atoms with van der Waals surface area (Å²) in [7, 11) is 0. The first-order valence-electron chi connectivity index (χ1n) is 19.5. The molecule has 3 nitrogen and oxygen atoms in total. The van der Waals surface area contributed by atoms with Crippen LogP contribution >= 0.6 is 0 Å². The van der Waals surface area contributed by atoms with Crippen molar-refractivity contribution in [3.05, 3.63) is 206 Å². The Labute approximate surface area is 329 Å². The van der Waals surface area contributed by atoms with Crippen LogP contribution in [0.3, 0.4) is 0 Å². The summed E-state index contributed by atoms with van der Waals surface area (Å²) in [6, 6.07) is 74.4. The maximum absolute atomic E-state index is 6.89. The van der Waals surface area contributed by atoms with E-state index >= 15 is 0 Å². The quantitative estimate of drug-likeness (QED) is 0.177. The van der Waals surface area contributed by atoms with Crippen LogP contribution in [0.25, 0.3) is 99.5 Å². The number of nitrogens with zero attached hydrogens (tertiary/aromatic N) is 2. The zero-order valence-corrected chi connectivity index (χ0v) is 30.9. The van der Waals surface area contributed by atoms with Crippen molar-refractivity contribution >= 4 is 43.6 Å². The van der Waals surface area contributed by atoms with E-state index in [2.05, 4.69) is 215 Å². The van der Waals surface area contributed by atoms with Gasteiger partial charge in [0.1, 0.15) is 11.5 Å². The maximum atomic E-state index is 6.89. The lowest BCUT2D eigenvalue weighted by molar-refractivity contribution is 0.487. The molecule has 266 valence electrons. The van der Waals surface area contributed by atoms with Crippen LogP contribution < -0.4 is 4.74 Å². The Balaban J connectivity index is 1.01. The van der Waals surface area contributed by atoms with Gasteiger partial charge < -0.3 is 13.9 Å². The molecule has 9 aromatic carbocycles. The molecule has 0 saturated carbocycles. The highest BCUT2D eigenvalue weighted by Gasteiger charge is 2.24. The molecular formula is C54H34N2O. The first kappa shape index (κ1) is 31.7. The van der Waals surface area contributed by atoms with E-state index in [0.717, 1.165) is 45.1 Å². The van der Waals surface area contributed by atoms with Gasteiger partial charge in [-0.05, 0) is 106 Å². The number of hydrogen-bond donors (Lipinski definition) is 0. The normalized spacial score (nSPS) is 12.0. The highest BCUT2D eigenvalue weighted by molar-refractivity contribution is 6.12. The van der Waals surface area contributed by atoms with Gasteiger partial charge in [0, 0.05) is 44.0 Å². The molecule has 0 radical (unpaired) electrons. The van der Waals surface area contributed by atoms with Gasteiger partial charge in [-0.15, -0.1) is 0 Å². The van der Waals surface area contributed by atoms with Crippen LogP contribution in [0, 0.1) is 0 Å². The summed E-state index contributed by atoms with van der Waals surface area (Å²) >= 11 is 0. The molecule has 0 spiro atoms. The molecule has 1 aliphatic heterocycles. The zero-order valence-electron chi connectivity index (χ0n) is 30.9. The van der Waals surface area contributed by atoms with Crippen LogP contribution in [-0.2, 0) is 0 Å². The second kappa shape index (κ2) is 12.5. The van der Waals surface area contributed by atoms with E-state index in [-0.39, 0.29) is 0 Å². The number of benzene rings is 9. The predicted molar refractivity (Wildman–Crippen MR) is 237 cm³/mol. The van der Waals surface area contributed by atoms with Crippen LogP contribution in [0.5, 0.6) is 11.5 Å². The summed E-state index contributed by atoms with van der Waals surface area (Å²) in [4.78, 5) is 0. The summed E-state index contributed by atoms with van der Waals surface area (Å²) in [5.41, 5.74) is 16.2. The van der Waals surface area contributed by atoms with Gasteiger partial charge in [0.15, 0.2) is 0 Å². The minimum atomic E-state index is 0.843. The highest BCUT2D eigenvalue weighted by Crippen LogP contribution is 2.49. The van der Waals surface area contributed by atoms with Gasteiger partial charge in [-0.2, -0.15) is 0 Å². The lowest BCUT2D eigenvalue weighted by Gasteiger charge is -2.14. The number of rotatable bonds is 4. The predicted octanol–water partition coefficient (Wildman–Crippen LogP) is 14.7. The van der Waals surface area contributed by atoms with Crippen molar-refractivity contribution in [1.82, 2.24) is 9.13 Å². The largest absolute Gasteiger partial charge is 0.456 e. The molecule has 0 fully saturated rings. The fourth-order valence-electron chi connectivity index (χ4n) is 9.11. The fourth-order valence-corrected chi connectivity index (χ4v) is 9.11. The Hall–Kier alpha value is -7.62. The number of fused-ring (bicyclic) bond motifs is 11. The minimum absolute atomic E-state index is 0.843. The minimum Gasteiger partial charge on any atom is -0.456 e. The Morgan fingerprint density at radius 3 is 1.14 bits per heavy atom.